The second kappa shape index (κ2) is 7.08. The average molecular weight is 366 g/mol. The highest BCUT2D eigenvalue weighted by molar-refractivity contribution is 7.88. The Balaban J connectivity index is 1.53. The van der Waals surface area contributed by atoms with Crippen LogP contribution >= 0.6 is 0 Å². The van der Waals surface area contributed by atoms with Crippen LogP contribution in [0.2, 0.25) is 0 Å². The highest BCUT2D eigenvalue weighted by Crippen LogP contribution is 2.34. The molecule has 2 aromatic carbocycles. The van der Waals surface area contributed by atoms with Crippen molar-refractivity contribution in [3.8, 4) is 11.5 Å². The molecule has 0 spiro atoms. The maximum absolute atomic E-state index is 12.8. The molecule has 0 unspecified atom stereocenters. The van der Waals surface area contributed by atoms with Gasteiger partial charge in [0.25, 0.3) is 0 Å². The number of nitrogens with one attached hydrogen (secondary N) is 2. The number of anilines is 1. The zero-order chi connectivity index (χ0) is 17.9. The van der Waals surface area contributed by atoms with Crippen molar-refractivity contribution in [2.24, 2.45) is 0 Å². The van der Waals surface area contributed by atoms with E-state index in [1.54, 1.807) is 18.2 Å². The number of benzene rings is 2. The van der Waals surface area contributed by atoms with Gasteiger partial charge in [0.1, 0.15) is 5.82 Å². The summed E-state index contributed by atoms with van der Waals surface area (Å²) in [6.07, 6.45) is 0. The molecule has 2 aromatic rings. The molecule has 132 valence electrons. The molecule has 1 aliphatic heterocycles. The molecule has 0 saturated carbocycles. The molecule has 2 N–H and O–H groups in total. The third kappa shape index (κ3) is 4.68. The fourth-order valence-corrected chi connectivity index (χ4v) is 3.29. The number of hydrogen-bond acceptors (Lipinski definition) is 5. The van der Waals surface area contributed by atoms with Crippen LogP contribution in [-0.2, 0) is 20.6 Å². The van der Waals surface area contributed by atoms with Gasteiger partial charge in [0.05, 0.1) is 12.3 Å². The highest BCUT2D eigenvalue weighted by atomic mass is 32.2. The molecular formula is C16H15FN2O5S. The van der Waals surface area contributed by atoms with Crippen molar-refractivity contribution in [2.45, 2.75) is 5.75 Å². The molecule has 3 rings (SSSR count). The predicted molar refractivity (Wildman–Crippen MR) is 88.2 cm³/mol. The molecule has 9 heteroatoms. The van der Waals surface area contributed by atoms with Crippen molar-refractivity contribution >= 4 is 21.6 Å². The SMILES string of the molecule is O=C(CNS(=O)(=O)Cc1ccc(F)cc1)Nc1ccc2c(c1)OCO2. The zero-order valence-electron chi connectivity index (χ0n) is 13.0. The topological polar surface area (TPSA) is 93.7 Å². The fraction of sp³-hybridized carbons (Fsp3) is 0.188. The summed E-state index contributed by atoms with van der Waals surface area (Å²) in [6, 6.07) is 9.97. The Morgan fingerprint density at radius 2 is 1.80 bits per heavy atom. The lowest BCUT2D eigenvalue weighted by molar-refractivity contribution is -0.115. The van der Waals surface area contributed by atoms with Gasteiger partial charge in [-0.3, -0.25) is 4.79 Å². The van der Waals surface area contributed by atoms with E-state index < -0.39 is 28.3 Å². The van der Waals surface area contributed by atoms with Gasteiger partial charge >= 0.3 is 0 Å². The molecule has 0 saturated heterocycles. The number of sulfonamides is 1. The van der Waals surface area contributed by atoms with Gasteiger partial charge in [-0.15, -0.1) is 0 Å². The van der Waals surface area contributed by atoms with Crippen molar-refractivity contribution in [3.05, 3.63) is 53.8 Å². The van der Waals surface area contributed by atoms with E-state index in [0.717, 1.165) is 0 Å². The van der Waals surface area contributed by atoms with Crippen molar-refractivity contribution in [3.63, 3.8) is 0 Å². The van der Waals surface area contributed by atoms with Crippen molar-refractivity contribution in [1.82, 2.24) is 4.72 Å². The van der Waals surface area contributed by atoms with E-state index in [9.17, 15) is 17.6 Å². The number of carbonyl (C=O) groups is 1. The van der Waals surface area contributed by atoms with Gasteiger partial charge in [-0.05, 0) is 29.8 Å². The largest absolute Gasteiger partial charge is 0.454 e. The third-order valence-corrected chi connectivity index (χ3v) is 4.68. The van der Waals surface area contributed by atoms with Gasteiger partial charge in [-0.25, -0.2) is 17.5 Å². The van der Waals surface area contributed by atoms with Crippen LogP contribution in [0.4, 0.5) is 10.1 Å². The highest BCUT2D eigenvalue weighted by Gasteiger charge is 2.16. The Kier molecular flexibility index (Phi) is 4.86. The zero-order valence-corrected chi connectivity index (χ0v) is 13.8. The number of amides is 1. The van der Waals surface area contributed by atoms with Crippen molar-refractivity contribution in [2.75, 3.05) is 18.7 Å². The Labute approximate surface area is 143 Å². The van der Waals surface area contributed by atoms with Crippen LogP contribution < -0.4 is 19.5 Å². The number of ether oxygens (including phenoxy) is 2. The monoisotopic (exact) mass is 366 g/mol. The van der Waals surface area contributed by atoms with Crippen molar-refractivity contribution in [1.29, 1.82) is 0 Å². The lowest BCUT2D eigenvalue weighted by Crippen LogP contribution is -2.33. The van der Waals surface area contributed by atoms with E-state index in [0.29, 0.717) is 22.7 Å². The van der Waals surface area contributed by atoms with E-state index in [1.807, 2.05) is 0 Å². The summed E-state index contributed by atoms with van der Waals surface area (Å²) in [7, 11) is -3.72. The Morgan fingerprint density at radius 3 is 2.56 bits per heavy atom. The summed E-state index contributed by atoms with van der Waals surface area (Å²) in [5, 5.41) is 2.56. The molecule has 0 aliphatic carbocycles. The van der Waals surface area contributed by atoms with Gasteiger partial charge < -0.3 is 14.8 Å². The standard InChI is InChI=1S/C16H15FN2O5S/c17-12-3-1-11(2-4-12)9-25(21,22)18-8-16(20)19-13-5-6-14-15(7-13)24-10-23-14/h1-7,18H,8-10H2,(H,19,20). The molecule has 7 nitrogen and oxygen atoms in total. The molecule has 1 aliphatic rings. The van der Waals surface area contributed by atoms with Crippen LogP contribution in [0.5, 0.6) is 11.5 Å². The quantitative estimate of drug-likeness (QED) is 0.810. The Morgan fingerprint density at radius 1 is 1.08 bits per heavy atom. The lowest BCUT2D eigenvalue weighted by Gasteiger charge is -2.08. The maximum atomic E-state index is 12.8. The first-order valence-corrected chi connectivity index (χ1v) is 8.98. The second-order valence-electron chi connectivity index (χ2n) is 5.32. The first kappa shape index (κ1) is 17.2. The molecule has 1 amide bonds. The smallest absolute Gasteiger partial charge is 0.239 e. The summed E-state index contributed by atoms with van der Waals surface area (Å²) in [5.74, 6) is -0.226. The van der Waals surface area contributed by atoms with E-state index in [4.69, 9.17) is 9.47 Å². The molecular weight excluding hydrogens is 351 g/mol. The summed E-state index contributed by atoms with van der Waals surface area (Å²) >= 11 is 0. The predicted octanol–water partition coefficient (Wildman–Crippen LogP) is 1.61. The van der Waals surface area contributed by atoms with Gasteiger partial charge in [0.15, 0.2) is 11.5 Å². The van der Waals surface area contributed by atoms with E-state index in [1.165, 1.54) is 24.3 Å². The average Bonchev–Trinajstić information content (AvgIpc) is 3.03. The first-order chi connectivity index (χ1) is 11.9. The number of fused-ring (bicyclic) bond motifs is 1. The van der Waals surface area contributed by atoms with Crippen LogP contribution in [0.25, 0.3) is 0 Å². The molecule has 0 bridgehead atoms. The van der Waals surface area contributed by atoms with Crippen LogP contribution in [0.15, 0.2) is 42.5 Å². The van der Waals surface area contributed by atoms with Gasteiger partial charge in [-0.2, -0.15) is 0 Å². The fourth-order valence-electron chi connectivity index (χ4n) is 2.21. The Bertz CT molecular complexity index is 884. The molecule has 25 heavy (non-hydrogen) atoms. The van der Waals surface area contributed by atoms with Crippen molar-refractivity contribution < 1.29 is 27.1 Å². The van der Waals surface area contributed by atoms with Gasteiger partial charge in [0, 0.05) is 11.8 Å². The number of rotatable bonds is 6. The number of hydrogen-bond donors (Lipinski definition) is 2. The van der Waals surface area contributed by atoms with E-state index >= 15 is 0 Å². The minimum absolute atomic E-state index is 0.121. The number of carbonyl (C=O) groups excluding carboxylic acids is 1. The van der Waals surface area contributed by atoms with E-state index in [-0.39, 0.29) is 12.5 Å². The van der Waals surface area contributed by atoms with Crippen LogP contribution in [0.3, 0.4) is 0 Å². The first-order valence-electron chi connectivity index (χ1n) is 7.32. The van der Waals surface area contributed by atoms with Crippen LogP contribution in [-0.4, -0.2) is 27.7 Å². The second-order valence-corrected chi connectivity index (χ2v) is 7.13. The molecule has 0 radical (unpaired) electrons. The maximum Gasteiger partial charge on any atom is 0.239 e. The normalized spacial score (nSPS) is 12.8. The molecule has 0 fully saturated rings. The molecule has 0 atom stereocenters. The minimum atomic E-state index is -3.72. The summed E-state index contributed by atoms with van der Waals surface area (Å²) in [6.45, 7) is -0.298. The molecule has 1 heterocycles. The Hall–Kier alpha value is -2.65. The molecule has 0 aromatic heterocycles. The summed E-state index contributed by atoms with van der Waals surface area (Å²) in [4.78, 5) is 11.9. The minimum Gasteiger partial charge on any atom is -0.454 e. The van der Waals surface area contributed by atoms with E-state index in [2.05, 4.69) is 10.0 Å². The summed E-state index contributed by atoms with van der Waals surface area (Å²) in [5.41, 5.74) is 0.886. The third-order valence-electron chi connectivity index (χ3n) is 3.38. The number of halogens is 1. The summed E-state index contributed by atoms with van der Waals surface area (Å²) < 4.78 is 49.3. The van der Waals surface area contributed by atoms with Crippen LogP contribution in [0, 0.1) is 5.82 Å². The van der Waals surface area contributed by atoms with Gasteiger partial charge in [-0.1, -0.05) is 12.1 Å². The van der Waals surface area contributed by atoms with Crippen LogP contribution in [0.1, 0.15) is 5.56 Å². The lowest BCUT2D eigenvalue weighted by atomic mass is 10.2. The van der Waals surface area contributed by atoms with Gasteiger partial charge in [0.2, 0.25) is 22.7 Å².